The number of halogens is 3. The second-order valence-electron chi connectivity index (χ2n) is 5.61. The van der Waals surface area contributed by atoms with Crippen LogP contribution in [0.25, 0.3) is 11.1 Å². The molecule has 0 amide bonds. The summed E-state index contributed by atoms with van der Waals surface area (Å²) in [4.78, 5) is 0. The third kappa shape index (κ3) is 3.59. The number of hydrogen-bond donors (Lipinski definition) is 1. The van der Waals surface area contributed by atoms with Gasteiger partial charge in [-0.1, -0.05) is 48.0 Å². The molecule has 0 heterocycles. The Morgan fingerprint density at radius 1 is 0.750 bits per heavy atom. The lowest BCUT2D eigenvalue weighted by Crippen LogP contribution is -2.04. The van der Waals surface area contributed by atoms with Crippen LogP contribution in [0.4, 0.5) is 24.5 Å². The first kappa shape index (κ1) is 16.1. The summed E-state index contributed by atoms with van der Waals surface area (Å²) >= 11 is 0. The normalized spacial score (nSPS) is 11.3. The van der Waals surface area contributed by atoms with E-state index in [1.807, 2.05) is 55.5 Å². The highest BCUT2D eigenvalue weighted by Gasteiger charge is 2.29. The fourth-order valence-corrected chi connectivity index (χ4v) is 2.48. The monoisotopic (exact) mass is 327 g/mol. The molecule has 0 aliphatic carbocycles. The Hall–Kier alpha value is -2.75. The number of para-hydroxylation sites is 1. The van der Waals surface area contributed by atoms with E-state index in [0.717, 1.165) is 28.9 Å². The SMILES string of the molecule is Cc1ccc(-c2ccccc2Nc2ccc(C(F)(F)F)cc2)cc1. The number of nitrogens with one attached hydrogen (secondary N) is 1. The van der Waals surface area contributed by atoms with Gasteiger partial charge in [0.2, 0.25) is 0 Å². The second kappa shape index (κ2) is 6.40. The van der Waals surface area contributed by atoms with Gasteiger partial charge in [0.05, 0.1) is 5.56 Å². The predicted molar refractivity (Wildman–Crippen MR) is 91.3 cm³/mol. The highest BCUT2D eigenvalue weighted by molar-refractivity contribution is 5.81. The number of benzene rings is 3. The largest absolute Gasteiger partial charge is 0.416 e. The maximum atomic E-state index is 12.6. The Kier molecular flexibility index (Phi) is 4.30. The van der Waals surface area contributed by atoms with E-state index < -0.39 is 11.7 Å². The van der Waals surface area contributed by atoms with Crippen LogP contribution in [0.3, 0.4) is 0 Å². The minimum atomic E-state index is -4.32. The fourth-order valence-electron chi connectivity index (χ4n) is 2.48. The molecule has 3 aromatic rings. The van der Waals surface area contributed by atoms with Crippen molar-refractivity contribution in [1.29, 1.82) is 0 Å². The van der Waals surface area contributed by atoms with Gasteiger partial charge < -0.3 is 5.32 Å². The molecule has 0 radical (unpaired) electrons. The Morgan fingerprint density at radius 2 is 1.38 bits per heavy atom. The minimum Gasteiger partial charge on any atom is -0.355 e. The van der Waals surface area contributed by atoms with Crippen LogP contribution in [0.15, 0.2) is 72.8 Å². The minimum absolute atomic E-state index is 0.613. The van der Waals surface area contributed by atoms with Gasteiger partial charge in [0, 0.05) is 16.9 Å². The van der Waals surface area contributed by atoms with Gasteiger partial charge in [-0.15, -0.1) is 0 Å². The highest BCUT2D eigenvalue weighted by atomic mass is 19.4. The molecular weight excluding hydrogens is 311 g/mol. The number of rotatable bonds is 3. The zero-order chi connectivity index (χ0) is 17.2. The van der Waals surface area contributed by atoms with Crippen molar-refractivity contribution in [2.75, 3.05) is 5.32 Å². The number of alkyl halides is 3. The molecule has 0 aliphatic heterocycles. The zero-order valence-corrected chi connectivity index (χ0v) is 13.1. The number of hydrogen-bond acceptors (Lipinski definition) is 1. The van der Waals surface area contributed by atoms with Gasteiger partial charge >= 0.3 is 6.18 Å². The van der Waals surface area contributed by atoms with Gasteiger partial charge in [-0.2, -0.15) is 13.2 Å². The van der Waals surface area contributed by atoms with Gasteiger partial charge in [-0.05, 0) is 42.8 Å². The molecule has 1 N–H and O–H groups in total. The van der Waals surface area contributed by atoms with Gasteiger partial charge in [0.1, 0.15) is 0 Å². The molecular formula is C20H16F3N. The lowest BCUT2D eigenvalue weighted by atomic mass is 10.0. The van der Waals surface area contributed by atoms with E-state index in [1.54, 1.807) is 0 Å². The molecule has 0 spiro atoms. The van der Waals surface area contributed by atoms with Crippen LogP contribution in [-0.4, -0.2) is 0 Å². The Bertz CT molecular complexity index is 819. The zero-order valence-electron chi connectivity index (χ0n) is 13.1. The van der Waals surface area contributed by atoms with Crippen molar-refractivity contribution < 1.29 is 13.2 Å². The van der Waals surface area contributed by atoms with Crippen molar-refractivity contribution in [3.63, 3.8) is 0 Å². The van der Waals surface area contributed by atoms with Crippen LogP contribution in [0.1, 0.15) is 11.1 Å². The third-order valence-electron chi connectivity index (χ3n) is 3.78. The van der Waals surface area contributed by atoms with Crippen molar-refractivity contribution in [2.24, 2.45) is 0 Å². The molecule has 0 aliphatic rings. The van der Waals surface area contributed by atoms with E-state index in [-0.39, 0.29) is 0 Å². The summed E-state index contributed by atoms with van der Waals surface area (Å²) in [6, 6.07) is 20.9. The predicted octanol–water partition coefficient (Wildman–Crippen LogP) is 6.42. The van der Waals surface area contributed by atoms with Crippen LogP contribution >= 0.6 is 0 Å². The lowest BCUT2D eigenvalue weighted by molar-refractivity contribution is -0.137. The standard InChI is InChI=1S/C20H16F3N/c1-14-6-8-15(9-7-14)18-4-2-3-5-19(18)24-17-12-10-16(11-13-17)20(21,22)23/h2-13,24H,1H3. The van der Waals surface area contributed by atoms with Crippen molar-refractivity contribution in [3.05, 3.63) is 83.9 Å². The van der Waals surface area contributed by atoms with E-state index in [9.17, 15) is 13.2 Å². The molecule has 4 heteroatoms. The van der Waals surface area contributed by atoms with Gasteiger partial charge in [0.25, 0.3) is 0 Å². The highest BCUT2D eigenvalue weighted by Crippen LogP contribution is 2.33. The maximum absolute atomic E-state index is 12.6. The first-order valence-electron chi connectivity index (χ1n) is 7.54. The Labute approximate surface area is 138 Å². The summed E-state index contributed by atoms with van der Waals surface area (Å²) in [7, 11) is 0. The van der Waals surface area contributed by atoms with E-state index in [1.165, 1.54) is 17.7 Å². The smallest absolute Gasteiger partial charge is 0.355 e. The quantitative estimate of drug-likeness (QED) is 0.585. The number of aryl methyl sites for hydroxylation is 1. The average molecular weight is 327 g/mol. The van der Waals surface area contributed by atoms with E-state index >= 15 is 0 Å². The Balaban J connectivity index is 1.89. The maximum Gasteiger partial charge on any atom is 0.416 e. The van der Waals surface area contributed by atoms with E-state index in [4.69, 9.17) is 0 Å². The van der Waals surface area contributed by atoms with E-state index in [2.05, 4.69) is 5.32 Å². The van der Waals surface area contributed by atoms with Crippen LogP contribution in [0, 0.1) is 6.92 Å². The molecule has 3 aromatic carbocycles. The first-order valence-corrected chi connectivity index (χ1v) is 7.54. The topological polar surface area (TPSA) is 12.0 Å². The molecule has 0 fully saturated rings. The average Bonchev–Trinajstić information content (AvgIpc) is 2.56. The van der Waals surface area contributed by atoms with Crippen molar-refractivity contribution in [3.8, 4) is 11.1 Å². The summed E-state index contributed by atoms with van der Waals surface area (Å²) in [6.07, 6.45) is -4.32. The molecule has 0 atom stereocenters. The molecule has 0 saturated carbocycles. The third-order valence-corrected chi connectivity index (χ3v) is 3.78. The van der Waals surface area contributed by atoms with Gasteiger partial charge in [0.15, 0.2) is 0 Å². The molecule has 1 nitrogen and oxygen atoms in total. The Morgan fingerprint density at radius 3 is 2.00 bits per heavy atom. The fraction of sp³-hybridized carbons (Fsp3) is 0.100. The van der Waals surface area contributed by atoms with Gasteiger partial charge in [-0.25, -0.2) is 0 Å². The summed E-state index contributed by atoms with van der Waals surface area (Å²) in [5.41, 5.74) is 4.03. The van der Waals surface area contributed by atoms with E-state index in [0.29, 0.717) is 5.69 Å². The van der Waals surface area contributed by atoms with Crippen LogP contribution in [0.2, 0.25) is 0 Å². The van der Waals surface area contributed by atoms with Gasteiger partial charge in [-0.3, -0.25) is 0 Å². The van der Waals surface area contributed by atoms with Crippen molar-refractivity contribution in [1.82, 2.24) is 0 Å². The van der Waals surface area contributed by atoms with Crippen LogP contribution in [0.5, 0.6) is 0 Å². The van der Waals surface area contributed by atoms with Crippen LogP contribution < -0.4 is 5.32 Å². The molecule has 0 unspecified atom stereocenters. The molecule has 122 valence electrons. The van der Waals surface area contributed by atoms with Crippen molar-refractivity contribution in [2.45, 2.75) is 13.1 Å². The molecule has 24 heavy (non-hydrogen) atoms. The molecule has 0 saturated heterocycles. The summed E-state index contributed by atoms with van der Waals surface area (Å²) < 4.78 is 37.9. The number of anilines is 2. The molecule has 0 bridgehead atoms. The lowest BCUT2D eigenvalue weighted by Gasteiger charge is -2.13. The van der Waals surface area contributed by atoms with Crippen LogP contribution in [-0.2, 0) is 6.18 Å². The summed E-state index contributed by atoms with van der Waals surface area (Å²) in [5.74, 6) is 0. The van der Waals surface area contributed by atoms with Crippen molar-refractivity contribution >= 4 is 11.4 Å². The molecule has 0 aromatic heterocycles. The first-order chi connectivity index (χ1) is 11.4. The molecule has 3 rings (SSSR count). The summed E-state index contributed by atoms with van der Waals surface area (Å²) in [5, 5.41) is 3.20. The summed E-state index contributed by atoms with van der Waals surface area (Å²) in [6.45, 7) is 2.02. The second-order valence-corrected chi connectivity index (χ2v) is 5.61.